The third-order valence-electron chi connectivity index (χ3n) is 7.19. The van der Waals surface area contributed by atoms with E-state index in [2.05, 4.69) is 56.1 Å². The average molecular weight is 448 g/mol. The summed E-state index contributed by atoms with van der Waals surface area (Å²) in [5, 5.41) is 0. The van der Waals surface area contributed by atoms with Gasteiger partial charge in [-0.2, -0.15) is 0 Å². The van der Waals surface area contributed by atoms with Crippen LogP contribution >= 0.6 is 0 Å². The summed E-state index contributed by atoms with van der Waals surface area (Å²) in [5.41, 5.74) is 0. The molecule has 1 unspecified atom stereocenters. The highest BCUT2D eigenvalue weighted by atomic mass is 15.2. The van der Waals surface area contributed by atoms with Crippen LogP contribution in [0.25, 0.3) is 0 Å². The number of hydrogen-bond acceptors (Lipinski definition) is 0. The van der Waals surface area contributed by atoms with Crippen molar-refractivity contribution in [2.75, 3.05) is 0 Å². The quantitative estimate of drug-likeness (QED) is 0.123. The lowest BCUT2D eigenvalue weighted by atomic mass is 10.0. The van der Waals surface area contributed by atoms with E-state index < -0.39 is 0 Å². The topological polar surface area (TPSA) is 8.81 Å². The number of aromatic nitrogens is 2. The molecule has 0 radical (unpaired) electrons. The van der Waals surface area contributed by atoms with E-state index in [4.69, 9.17) is 0 Å². The summed E-state index contributed by atoms with van der Waals surface area (Å²) in [5.74, 6) is 2.13. The predicted octanol–water partition coefficient (Wildman–Crippen LogP) is 9.91. The Kier molecular flexibility index (Phi) is 18.0. The van der Waals surface area contributed by atoms with Crippen LogP contribution in [0.3, 0.4) is 0 Å². The van der Waals surface area contributed by atoms with Crippen LogP contribution in [0, 0.1) is 0 Å². The van der Waals surface area contributed by atoms with Gasteiger partial charge in [0.2, 0.25) is 0 Å². The van der Waals surface area contributed by atoms with E-state index in [0.29, 0.717) is 12.0 Å². The van der Waals surface area contributed by atoms with Gasteiger partial charge in [-0.25, -0.2) is 9.13 Å². The summed E-state index contributed by atoms with van der Waals surface area (Å²) in [6.07, 6.45) is 31.5. The van der Waals surface area contributed by atoms with E-state index in [1.54, 1.807) is 0 Å². The maximum atomic E-state index is 2.59. The Bertz CT molecular complexity index is 531. The van der Waals surface area contributed by atoms with Crippen molar-refractivity contribution in [3.05, 3.63) is 18.2 Å². The molecule has 0 bridgehead atoms. The predicted molar refractivity (Wildman–Crippen MR) is 142 cm³/mol. The van der Waals surface area contributed by atoms with Crippen molar-refractivity contribution >= 4 is 0 Å². The van der Waals surface area contributed by atoms with E-state index in [9.17, 15) is 0 Å². The zero-order valence-electron chi connectivity index (χ0n) is 22.8. The zero-order chi connectivity index (χ0) is 23.4. The summed E-state index contributed by atoms with van der Waals surface area (Å²) in [7, 11) is 0. The molecular formula is C30H59N2+. The lowest BCUT2D eigenvalue weighted by molar-refractivity contribution is -0.705. The van der Waals surface area contributed by atoms with Gasteiger partial charge in [-0.3, -0.25) is 0 Å². The Morgan fingerprint density at radius 3 is 1.53 bits per heavy atom. The van der Waals surface area contributed by atoms with Crippen LogP contribution in [-0.4, -0.2) is 4.57 Å². The largest absolute Gasteiger partial charge is 0.259 e. The molecule has 2 heteroatoms. The van der Waals surface area contributed by atoms with Gasteiger partial charge < -0.3 is 0 Å². The fourth-order valence-corrected chi connectivity index (χ4v) is 5.13. The van der Waals surface area contributed by atoms with Gasteiger partial charge in [-0.1, -0.05) is 124 Å². The summed E-state index contributed by atoms with van der Waals surface area (Å²) in [4.78, 5) is 0. The first kappa shape index (κ1) is 29.2. The molecule has 2 nitrogen and oxygen atoms in total. The highest BCUT2D eigenvalue weighted by molar-refractivity contribution is 4.92. The number of aryl methyl sites for hydroxylation is 1. The first-order valence-electron chi connectivity index (χ1n) is 14.7. The Balaban J connectivity index is 2.27. The molecule has 1 aromatic rings. The molecule has 0 aliphatic rings. The number of nitrogens with zero attached hydrogens (tertiary/aromatic N) is 2. The molecule has 0 aliphatic carbocycles. The molecule has 32 heavy (non-hydrogen) atoms. The molecular weight excluding hydrogens is 388 g/mol. The zero-order valence-corrected chi connectivity index (χ0v) is 22.8. The van der Waals surface area contributed by atoms with Crippen molar-refractivity contribution in [1.82, 2.24) is 4.57 Å². The van der Waals surface area contributed by atoms with Crippen LogP contribution in [0.5, 0.6) is 0 Å². The van der Waals surface area contributed by atoms with Gasteiger partial charge in [0.15, 0.2) is 0 Å². The van der Waals surface area contributed by atoms with Crippen molar-refractivity contribution in [2.45, 2.75) is 175 Å². The van der Waals surface area contributed by atoms with Crippen LogP contribution in [0.2, 0.25) is 0 Å². The molecule has 0 fully saturated rings. The Morgan fingerprint density at radius 1 is 0.625 bits per heavy atom. The average Bonchev–Trinajstić information content (AvgIpc) is 3.21. The van der Waals surface area contributed by atoms with E-state index in [0.717, 1.165) is 0 Å². The summed E-state index contributed by atoms with van der Waals surface area (Å²) in [6, 6.07) is 0.626. The van der Waals surface area contributed by atoms with Gasteiger partial charge in [0.05, 0.1) is 18.5 Å². The smallest absolute Gasteiger partial charge is 0.234 e. The third-order valence-corrected chi connectivity index (χ3v) is 7.19. The molecule has 1 heterocycles. The highest BCUT2D eigenvalue weighted by Crippen LogP contribution is 2.22. The molecule has 188 valence electrons. The molecule has 0 saturated carbocycles. The molecule has 1 atom stereocenters. The van der Waals surface area contributed by atoms with Gasteiger partial charge in [-0.05, 0) is 32.6 Å². The maximum absolute atomic E-state index is 2.59. The van der Waals surface area contributed by atoms with Crippen molar-refractivity contribution < 1.29 is 4.57 Å². The minimum atomic E-state index is 0.592. The Labute approximate surface area is 202 Å². The Hall–Kier alpha value is -0.790. The van der Waals surface area contributed by atoms with Gasteiger partial charge in [0, 0.05) is 0 Å². The van der Waals surface area contributed by atoms with E-state index in [-0.39, 0.29) is 0 Å². The van der Waals surface area contributed by atoms with E-state index >= 15 is 0 Å². The number of imidazole rings is 1. The first-order chi connectivity index (χ1) is 15.6. The lowest BCUT2D eigenvalue weighted by Gasteiger charge is -2.14. The molecule has 1 rings (SSSR count). The molecule has 0 spiro atoms. The standard InChI is InChI=1S/C30H59N2/c1-6-8-10-12-14-16-17-19-21-23-25-31-26-27-32(30(31)28(3)4)29(5)24-22-20-18-15-13-11-9-7-2/h26-29H,6-25H2,1-5H3/q+1. The number of hydrogen-bond donors (Lipinski definition) is 0. The summed E-state index contributed by atoms with van der Waals surface area (Å²) < 4.78 is 5.14. The van der Waals surface area contributed by atoms with Gasteiger partial charge in [-0.15, -0.1) is 0 Å². The SMILES string of the molecule is CCCCCCCCCCCC[n+]1ccn(C(C)CCCCCCCCCC)c1C(C)C. The second-order valence-corrected chi connectivity index (χ2v) is 10.7. The van der Waals surface area contributed by atoms with Crippen molar-refractivity contribution in [3.63, 3.8) is 0 Å². The van der Waals surface area contributed by atoms with E-state index in [1.165, 1.54) is 134 Å². The minimum absolute atomic E-state index is 0.592. The van der Waals surface area contributed by atoms with Crippen molar-refractivity contribution in [1.29, 1.82) is 0 Å². The number of unbranched alkanes of at least 4 members (excludes halogenated alkanes) is 16. The molecule has 1 aromatic heterocycles. The van der Waals surface area contributed by atoms with Crippen LogP contribution in [0.15, 0.2) is 12.4 Å². The normalized spacial score (nSPS) is 12.7. The molecule has 0 amide bonds. The monoisotopic (exact) mass is 447 g/mol. The lowest BCUT2D eigenvalue weighted by Crippen LogP contribution is -2.38. The molecule has 0 aliphatic heterocycles. The van der Waals surface area contributed by atoms with Gasteiger partial charge in [0.1, 0.15) is 12.4 Å². The fraction of sp³-hybridized carbons (Fsp3) is 0.900. The molecule has 0 saturated heterocycles. The highest BCUT2D eigenvalue weighted by Gasteiger charge is 2.23. The van der Waals surface area contributed by atoms with Gasteiger partial charge in [0.25, 0.3) is 5.82 Å². The van der Waals surface area contributed by atoms with Crippen LogP contribution in [0.1, 0.15) is 174 Å². The van der Waals surface area contributed by atoms with Crippen LogP contribution < -0.4 is 4.57 Å². The minimum Gasteiger partial charge on any atom is -0.234 e. The fourth-order valence-electron chi connectivity index (χ4n) is 5.13. The second kappa shape index (κ2) is 19.7. The van der Waals surface area contributed by atoms with E-state index in [1.807, 2.05) is 0 Å². The number of rotatable bonds is 22. The van der Waals surface area contributed by atoms with Crippen LogP contribution in [0.4, 0.5) is 0 Å². The second-order valence-electron chi connectivity index (χ2n) is 10.7. The van der Waals surface area contributed by atoms with Gasteiger partial charge >= 0.3 is 0 Å². The van der Waals surface area contributed by atoms with Crippen molar-refractivity contribution in [2.24, 2.45) is 0 Å². The van der Waals surface area contributed by atoms with Crippen molar-refractivity contribution in [3.8, 4) is 0 Å². The Morgan fingerprint density at radius 2 is 1.06 bits per heavy atom. The maximum Gasteiger partial charge on any atom is 0.259 e. The first-order valence-corrected chi connectivity index (χ1v) is 14.7. The summed E-state index contributed by atoms with van der Waals surface area (Å²) in [6.45, 7) is 13.0. The molecule has 0 N–H and O–H groups in total. The molecule has 0 aromatic carbocycles. The summed E-state index contributed by atoms with van der Waals surface area (Å²) >= 11 is 0. The third kappa shape index (κ3) is 13.0. The van der Waals surface area contributed by atoms with Crippen LogP contribution in [-0.2, 0) is 6.54 Å².